The number of aromatic nitrogens is 2. The van der Waals surface area contributed by atoms with Gasteiger partial charge in [0.1, 0.15) is 0 Å². The maximum atomic E-state index is 12.8. The Morgan fingerprint density at radius 1 is 1.05 bits per heavy atom. The van der Waals surface area contributed by atoms with E-state index in [2.05, 4.69) is 5.10 Å². The van der Waals surface area contributed by atoms with E-state index in [0.29, 0.717) is 11.2 Å². The quantitative estimate of drug-likeness (QED) is 0.746. The molecule has 21 heavy (non-hydrogen) atoms. The highest BCUT2D eigenvalue weighted by molar-refractivity contribution is 7.93. The molecule has 1 heterocycles. The lowest BCUT2D eigenvalue weighted by Gasteiger charge is -2.18. The summed E-state index contributed by atoms with van der Waals surface area (Å²) in [6.45, 7) is 0. The predicted molar refractivity (Wildman–Crippen MR) is 82.7 cm³/mol. The molecule has 3 rings (SSSR count). The molecule has 0 aliphatic carbocycles. The summed E-state index contributed by atoms with van der Waals surface area (Å²) in [6.07, 6.45) is 1.71. The van der Waals surface area contributed by atoms with Gasteiger partial charge in [-0.25, -0.2) is 8.42 Å². The zero-order valence-electron chi connectivity index (χ0n) is 11.8. The maximum absolute atomic E-state index is 12.8. The molecule has 0 bridgehead atoms. The monoisotopic (exact) mass is 301 g/mol. The van der Waals surface area contributed by atoms with Crippen molar-refractivity contribution >= 4 is 26.6 Å². The highest BCUT2D eigenvalue weighted by Crippen LogP contribution is 2.27. The molecule has 6 heteroatoms. The molecule has 5 nitrogen and oxygen atoms in total. The van der Waals surface area contributed by atoms with Crippen LogP contribution in [0.15, 0.2) is 59.6 Å². The fourth-order valence-corrected chi connectivity index (χ4v) is 3.62. The normalized spacial score (nSPS) is 11.7. The first-order valence-electron chi connectivity index (χ1n) is 6.46. The van der Waals surface area contributed by atoms with Crippen molar-refractivity contribution in [3.63, 3.8) is 0 Å². The Labute approximate surface area is 123 Å². The van der Waals surface area contributed by atoms with Crippen molar-refractivity contribution in [2.24, 2.45) is 7.05 Å². The van der Waals surface area contributed by atoms with Gasteiger partial charge in [0.15, 0.2) is 5.82 Å². The average molecular weight is 301 g/mol. The Hall–Kier alpha value is -2.34. The van der Waals surface area contributed by atoms with Gasteiger partial charge in [0.05, 0.1) is 4.90 Å². The van der Waals surface area contributed by atoms with E-state index in [-0.39, 0.29) is 4.90 Å². The zero-order valence-corrected chi connectivity index (χ0v) is 12.6. The van der Waals surface area contributed by atoms with Gasteiger partial charge in [0, 0.05) is 31.7 Å². The second kappa shape index (κ2) is 4.89. The second-order valence-electron chi connectivity index (χ2n) is 4.80. The number of rotatable bonds is 3. The van der Waals surface area contributed by atoms with Gasteiger partial charge in [-0.1, -0.05) is 36.4 Å². The van der Waals surface area contributed by atoms with Gasteiger partial charge in [0.2, 0.25) is 0 Å². The van der Waals surface area contributed by atoms with Crippen molar-refractivity contribution in [3.8, 4) is 0 Å². The Kier molecular flexibility index (Phi) is 3.17. The van der Waals surface area contributed by atoms with Gasteiger partial charge in [-0.3, -0.25) is 8.99 Å². The molecule has 0 fully saturated rings. The summed E-state index contributed by atoms with van der Waals surface area (Å²) < 4.78 is 28.4. The topological polar surface area (TPSA) is 55.2 Å². The molecule has 0 unspecified atom stereocenters. The molecular weight excluding hydrogens is 286 g/mol. The van der Waals surface area contributed by atoms with E-state index < -0.39 is 10.0 Å². The third-order valence-electron chi connectivity index (χ3n) is 3.41. The first kappa shape index (κ1) is 13.6. The number of anilines is 1. The van der Waals surface area contributed by atoms with Gasteiger partial charge < -0.3 is 0 Å². The fraction of sp³-hybridized carbons (Fsp3) is 0.133. The number of sulfonamides is 1. The Morgan fingerprint density at radius 3 is 2.48 bits per heavy atom. The van der Waals surface area contributed by atoms with Crippen LogP contribution in [0, 0.1) is 0 Å². The van der Waals surface area contributed by atoms with Crippen molar-refractivity contribution in [1.82, 2.24) is 9.78 Å². The fourth-order valence-electron chi connectivity index (χ4n) is 2.26. The van der Waals surface area contributed by atoms with Gasteiger partial charge in [-0.15, -0.1) is 0 Å². The van der Waals surface area contributed by atoms with E-state index >= 15 is 0 Å². The lowest BCUT2D eigenvalue weighted by Crippen LogP contribution is -2.27. The molecule has 0 aliphatic rings. The molecule has 0 N–H and O–H groups in total. The number of aryl methyl sites for hydroxylation is 1. The molecule has 0 saturated carbocycles. The van der Waals surface area contributed by atoms with E-state index in [1.165, 1.54) is 11.4 Å². The van der Waals surface area contributed by atoms with Crippen molar-refractivity contribution < 1.29 is 8.42 Å². The summed E-state index contributed by atoms with van der Waals surface area (Å²) in [5, 5.41) is 5.75. The van der Waals surface area contributed by atoms with Crippen LogP contribution in [0.1, 0.15) is 0 Å². The second-order valence-corrected chi connectivity index (χ2v) is 6.74. The van der Waals surface area contributed by atoms with Crippen molar-refractivity contribution in [3.05, 3.63) is 54.7 Å². The molecule has 0 aliphatic heterocycles. The standard InChI is InChI=1S/C15H15N3O2S/c1-17-11-10-15(16-17)18(2)21(19,20)14-9-5-7-12-6-3-4-8-13(12)14/h3-11H,1-2H3. The molecule has 0 saturated heterocycles. The Morgan fingerprint density at radius 2 is 1.76 bits per heavy atom. The smallest absolute Gasteiger partial charge is 0.265 e. The number of hydrogen-bond donors (Lipinski definition) is 0. The van der Waals surface area contributed by atoms with Crippen LogP contribution < -0.4 is 4.31 Å². The van der Waals surface area contributed by atoms with E-state index in [0.717, 1.165) is 5.39 Å². The first-order valence-corrected chi connectivity index (χ1v) is 7.90. The molecule has 1 aromatic heterocycles. The number of hydrogen-bond acceptors (Lipinski definition) is 3. The molecule has 108 valence electrons. The summed E-state index contributed by atoms with van der Waals surface area (Å²) in [5.74, 6) is 0.394. The Balaban J connectivity index is 2.17. The van der Waals surface area contributed by atoms with Gasteiger partial charge in [0.25, 0.3) is 10.0 Å². The molecule has 0 spiro atoms. The molecule has 3 aromatic rings. The number of benzene rings is 2. The van der Waals surface area contributed by atoms with Gasteiger partial charge in [-0.2, -0.15) is 5.10 Å². The van der Waals surface area contributed by atoms with E-state index in [9.17, 15) is 8.42 Å². The minimum Gasteiger partial charge on any atom is -0.274 e. The van der Waals surface area contributed by atoms with Crippen molar-refractivity contribution in [2.45, 2.75) is 4.90 Å². The lowest BCUT2D eigenvalue weighted by molar-refractivity contribution is 0.594. The summed E-state index contributed by atoms with van der Waals surface area (Å²) >= 11 is 0. The molecule has 0 radical (unpaired) electrons. The van der Waals surface area contributed by atoms with E-state index in [4.69, 9.17) is 0 Å². The number of nitrogens with zero attached hydrogens (tertiary/aromatic N) is 3. The van der Waals surface area contributed by atoms with Crippen molar-refractivity contribution in [1.29, 1.82) is 0 Å². The van der Waals surface area contributed by atoms with E-state index in [1.807, 2.05) is 30.3 Å². The summed E-state index contributed by atoms with van der Waals surface area (Å²) in [5.41, 5.74) is 0. The Bertz CT molecular complexity index is 895. The van der Waals surface area contributed by atoms with Crippen molar-refractivity contribution in [2.75, 3.05) is 11.4 Å². The van der Waals surface area contributed by atoms with E-state index in [1.54, 1.807) is 36.1 Å². The van der Waals surface area contributed by atoms with Crippen LogP contribution in [0.25, 0.3) is 10.8 Å². The zero-order chi connectivity index (χ0) is 15.0. The molecule has 0 atom stereocenters. The van der Waals surface area contributed by atoms with Crippen LogP contribution in [0.2, 0.25) is 0 Å². The van der Waals surface area contributed by atoms with Crippen LogP contribution in [0.3, 0.4) is 0 Å². The summed E-state index contributed by atoms with van der Waals surface area (Å²) in [4.78, 5) is 0.286. The van der Waals surface area contributed by atoms with Crippen LogP contribution in [0.4, 0.5) is 5.82 Å². The first-order chi connectivity index (χ1) is 10.00. The molecule has 0 amide bonds. The molecule has 2 aromatic carbocycles. The third-order valence-corrected chi connectivity index (χ3v) is 5.23. The SMILES string of the molecule is CN(c1ccn(C)n1)S(=O)(=O)c1cccc2ccccc12. The van der Waals surface area contributed by atoms with Crippen LogP contribution in [-0.4, -0.2) is 25.2 Å². The highest BCUT2D eigenvalue weighted by Gasteiger charge is 2.24. The maximum Gasteiger partial charge on any atom is 0.265 e. The van der Waals surface area contributed by atoms with Gasteiger partial charge >= 0.3 is 0 Å². The number of fused-ring (bicyclic) bond motifs is 1. The predicted octanol–water partition coefficient (Wildman–Crippen LogP) is 2.40. The summed E-state index contributed by atoms with van der Waals surface area (Å²) in [7, 11) is -0.383. The van der Waals surface area contributed by atoms with Crippen LogP contribution >= 0.6 is 0 Å². The van der Waals surface area contributed by atoms with Gasteiger partial charge in [-0.05, 0) is 11.5 Å². The minimum absolute atomic E-state index is 0.286. The van der Waals surface area contributed by atoms with Crippen LogP contribution in [-0.2, 0) is 17.1 Å². The summed E-state index contributed by atoms with van der Waals surface area (Å²) in [6, 6.07) is 14.4. The largest absolute Gasteiger partial charge is 0.274 e. The average Bonchev–Trinajstić information content (AvgIpc) is 2.92. The lowest BCUT2D eigenvalue weighted by atomic mass is 10.1. The van der Waals surface area contributed by atoms with Crippen LogP contribution in [0.5, 0.6) is 0 Å². The minimum atomic E-state index is -3.65. The highest BCUT2D eigenvalue weighted by atomic mass is 32.2. The third kappa shape index (κ3) is 2.27. The molecular formula is C15H15N3O2S.